The summed E-state index contributed by atoms with van der Waals surface area (Å²) in [6.07, 6.45) is 0. The number of thiazole rings is 1. The number of rotatable bonds is 3. The van der Waals surface area contributed by atoms with Crippen LogP contribution in [0.15, 0.2) is 0 Å². The van der Waals surface area contributed by atoms with Crippen LogP contribution in [0.25, 0.3) is 0 Å². The van der Waals surface area contributed by atoms with Gasteiger partial charge in [0, 0.05) is 43.6 Å². The van der Waals surface area contributed by atoms with Gasteiger partial charge < -0.3 is 10.6 Å². The van der Waals surface area contributed by atoms with Crippen LogP contribution in [0, 0.1) is 13.8 Å². The number of nitrogens with zero attached hydrogens (tertiary/aromatic N) is 3. The molecule has 2 rings (SSSR count). The zero-order chi connectivity index (χ0) is 12.4. The average molecular weight is 254 g/mol. The lowest BCUT2D eigenvalue weighted by molar-refractivity contribution is 0.201. The second kappa shape index (κ2) is 5.33. The standard InChI is InChI=1S/C12H22N4S/c1-9(8-13)15-4-6-16(7-5-15)12-14-10(2)11(3)17-12/h9H,4-8,13H2,1-3H3. The van der Waals surface area contributed by atoms with Crippen molar-refractivity contribution in [1.29, 1.82) is 0 Å². The maximum atomic E-state index is 5.71. The van der Waals surface area contributed by atoms with Crippen LogP contribution in [-0.2, 0) is 0 Å². The molecule has 1 aliphatic rings. The van der Waals surface area contributed by atoms with E-state index >= 15 is 0 Å². The van der Waals surface area contributed by atoms with Crippen LogP contribution in [-0.4, -0.2) is 48.6 Å². The molecule has 5 heteroatoms. The molecule has 1 aromatic heterocycles. The van der Waals surface area contributed by atoms with E-state index in [2.05, 4.69) is 35.6 Å². The second-order valence-corrected chi connectivity index (χ2v) is 5.93. The largest absolute Gasteiger partial charge is 0.346 e. The van der Waals surface area contributed by atoms with Crippen molar-refractivity contribution in [3.05, 3.63) is 10.6 Å². The van der Waals surface area contributed by atoms with Crippen molar-refractivity contribution < 1.29 is 0 Å². The van der Waals surface area contributed by atoms with E-state index < -0.39 is 0 Å². The van der Waals surface area contributed by atoms with Gasteiger partial charge in [0.15, 0.2) is 5.13 Å². The quantitative estimate of drug-likeness (QED) is 0.881. The smallest absolute Gasteiger partial charge is 0.185 e. The predicted molar refractivity (Wildman–Crippen MR) is 73.9 cm³/mol. The van der Waals surface area contributed by atoms with Gasteiger partial charge in [-0.2, -0.15) is 0 Å². The van der Waals surface area contributed by atoms with E-state index in [1.54, 1.807) is 0 Å². The fraction of sp³-hybridized carbons (Fsp3) is 0.750. The monoisotopic (exact) mass is 254 g/mol. The van der Waals surface area contributed by atoms with Crippen LogP contribution in [0.4, 0.5) is 5.13 Å². The van der Waals surface area contributed by atoms with Crippen molar-refractivity contribution in [3.63, 3.8) is 0 Å². The third-order valence-electron chi connectivity index (χ3n) is 3.57. The Morgan fingerprint density at radius 2 is 1.94 bits per heavy atom. The van der Waals surface area contributed by atoms with E-state index in [1.807, 2.05) is 11.3 Å². The van der Waals surface area contributed by atoms with Crippen LogP contribution in [0.2, 0.25) is 0 Å². The highest BCUT2D eigenvalue weighted by atomic mass is 32.1. The summed E-state index contributed by atoms with van der Waals surface area (Å²) in [6.45, 7) is 11.5. The average Bonchev–Trinajstić information content (AvgIpc) is 2.69. The molecule has 2 heterocycles. The maximum Gasteiger partial charge on any atom is 0.185 e. The molecule has 17 heavy (non-hydrogen) atoms. The van der Waals surface area contributed by atoms with E-state index in [0.717, 1.165) is 32.7 Å². The van der Waals surface area contributed by atoms with E-state index in [1.165, 1.54) is 15.7 Å². The Balaban J connectivity index is 1.95. The van der Waals surface area contributed by atoms with Gasteiger partial charge in [-0.15, -0.1) is 11.3 Å². The van der Waals surface area contributed by atoms with Crippen molar-refractivity contribution >= 4 is 16.5 Å². The van der Waals surface area contributed by atoms with Crippen molar-refractivity contribution in [3.8, 4) is 0 Å². The SMILES string of the molecule is Cc1nc(N2CCN(C(C)CN)CC2)sc1C. The maximum absolute atomic E-state index is 5.71. The Hall–Kier alpha value is -0.650. The summed E-state index contributed by atoms with van der Waals surface area (Å²) in [6, 6.07) is 0.497. The molecule has 2 N–H and O–H groups in total. The summed E-state index contributed by atoms with van der Waals surface area (Å²) < 4.78 is 0. The van der Waals surface area contributed by atoms with Crippen molar-refractivity contribution in [2.45, 2.75) is 26.8 Å². The van der Waals surface area contributed by atoms with Gasteiger partial charge in [0.2, 0.25) is 0 Å². The molecule has 1 fully saturated rings. The van der Waals surface area contributed by atoms with Crippen LogP contribution >= 0.6 is 11.3 Å². The first-order valence-electron chi connectivity index (χ1n) is 6.25. The lowest BCUT2D eigenvalue weighted by Gasteiger charge is -2.37. The second-order valence-electron chi connectivity index (χ2n) is 4.75. The number of hydrogen-bond acceptors (Lipinski definition) is 5. The number of aryl methyl sites for hydroxylation is 2. The summed E-state index contributed by atoms with van der Waals surface area (Å²) in [7, 11) is 0. The van der Waals surface area contributed by atoms with Gasteiger partial charge in [-0.25, -0.2) is 4.98 Å². The van der Waals surface area contributed by atoms with Gasteiger partial charge in [-0.3, -0.25) is 4.90 Å². The van der Waals surface area contributed by atoms with Crippen molar-refractivity contribution in [1.82, 2.24) is 9.88 Å². The van der Waals surface area contributed by atoms with Gasteiger partial charge in [0.05, 0.1) is 5.69 Å². The molecule has 0 bridgehead atoms. The van der Waals surface area contributed by atoms with Crippen LogP contribution < -0.4 is 10.6 Å². The molecule has 1 atom stereocenters. The summed E-state index contributed by atoms with van der Waals surface area (Å²) in [5.74, 6) is 0. The van der Waals surface area contributed by atoms with Gasteiger partial charge >= 0.3 is 0 Å². The van der Waals surface area contributed by atoms with Gasteiger partial charge in [-0.05, 0) is 20.8 Å². The highest BCUT2D eigenvalue weighted by Crippen LogP contribution is 2.26. The van der Waals surface area contributed by atoms with Gasteiger partial charge in [0.1, 0.15) is 0 Å². The van der Waals surface area contributed by atoms with E-state index in [4.69, 9.17) is 5.73 Å². The third-order valence-corrected chi connectivity index (χ3v) is 4.70. The molecular weight excluding hydrogens is 232 g/mol. The molecule has 4 nitrogen and oxygen atoms in total. The molecule has 1 saturated heterocycles. The Labute approximate surface area is 107 Å². The fourth-order valence-electron chi connectivity index (χ4n) is 2.09. The van der Waals surface area contributed by atoms with E-state index in [0.29, 0.717) is 6.04 Å². The zero-order valence-electron chi connectivity index (χ0n) is 10.9. The number of aromatic nitrogens is 1. The zero-order valence-corrected chi connectivity index (χ0v) is 11.8. The topological polar surface area (TPSA) is 45.4 Å². The molecule has 0 spiro atoms. The number of anilines is 1. The predicted octanol–water partition coefficient (Wildman–Crippen LogP) is 1.23. The molecule has 0 aliphatic carbocycles. The lowest BCUT2D eigenvalue weighted by atomic mass is 10.2. The van der Waals surface area contributed by atoms with Gasteiger partial charge in [-0.1, -0.05) is 0 Å². The van der Waals surface area contributed by atoms with Gasteiger partial charge in [0.25, 0.3) is 0 Å². The Kier molecular flexibility index (Phi) is 4.01. The fourth-order valence-corrected chi connectivity index (χ4v) is 3.06. The molecule has 0 radical (unpaired) electrons. The molecule has 1 unspecified atom stereocenters. The minimum absolute atomic E-state index is 0.497. The molecule has 0 aromatic carbocycles. The molecular formula is C12H22N4S. The molecule has 0 amide bonds. The number of nitrogens with two attached hydrogens (primary N) is 1. The van der Waals surface area contributed by atoms with Crippen LogP contribution in [0.5, 0.6) is 0 Å². The molecule has 1 aromatic rings. The first-order chi connectivity index (χ1) is 8.11. The first-order valence-corrected chi connectivity index (χ1v) is 7.06. The van der Waals surface area contributed by atoms with Crippen LogP contribution in [0.1, 0.15) is 17.5 Å². The Morgan fingerprint density at radius 1 is 1.29 bits per heavy atom. The molecule has 96 valence electrons. The lowest BCUT2D eigenvalue weighted by Crippen LogP contribution is -2.51. The molecule has 0 saturated carbocycles. The van der Waals surface area contributed by atoms with Crippen molar-refractivity contribution in [2.75, 3.05) is 37.6 Å². The summed E-state index contributed by atoms with van der Waals surface area (Å²) >= 11 is 1.81. The number of hydrogen-bond donors (Lipinski definition) is 1. The highest BCUT2D eigenvalue weighted by Gasteiger charge is 2.22. The number of piperazine rings is 1. The highest BCUT2D eigenvalue weighted by molar-refractivity contribution is 7.15. The summed E-state index contributed by atoms with van der Waals surface area (Å²) in [5, 5.41) is 1.18. The normalized spacial score (nSPS) is 19.6. The van der Waals surface area contributed by atoms with Crippen molar-refractivity contribution in [2.24, 2.45) is 5.73 Å². The third kappa shape index (κ3) is 2.78. The Morgan fingerprint density at radius 3 is 2.41 bits per heavy atom. The summed E-state index contributed by atoms with van der Waals surface area (Å²) in [5.41, 5.74) is 6.88. The van der Waals surface area contributed by atoms with E-state index in [9.17, 15) is 0 Å². The Bertz CT molecular complexity index is 349. The van der Waals surface area contributed by atoms with E-state index in [-0.39, 0.29) is 0 Å². The summed E-state index contributed by atoms with van der Waals surface area (Å²) in [4.78, 5) is 10.8. The van der Waals surface area contributed by atoms with Crippen LogP contribution in [0.3, 0.4) is 0 Å². The minimum Gasteiger partial charge on any atom is -0.346 e. The first kappa shape index (κ1) is 12.8. The molecule has 1 aliphatic heterocycles. The minimum atomic E-state index is 0.497.